The van der Waals surface area contributed by atoms with E-state index in [0.717, 1.165) is 5.56 Å². The summed E-state index contributed by atoms with van der Waals surface area (Å²) in [6.07, 6.45) is 0.195. The molecule has 0 bridgehead atoms. The summed E-state index contributed by atoms with van der Waals surface area (Å²) in [5.41, 5.74) is 0.862. The molecule has 1 N–H and O–H groups in total. The van der Waals surface area contributed by atoms with Gasteiger partial charge in [0.15, 0.2) is 6.61 Å². The summed E-state index contributed by atoms with van der Waals surface area (Å²) in [6, 6.07) is 9.21. The Kier molecular flexibility index (Phi) is 6.56. The van der Waals surface area contributed by atoms with Gasteiger partial charge < -0.3 is 19.7 Å². The maximum atomic E-state index is 11.8. The Morgan fingerprint density at radius 1 is 1.13 bits per heavy atom. The molecule has 2 amide bonds. The van der Waals surface area contributed by atoms with Gasteiger partial charge in [0.25, 0.3) is 5.91 Å². The van der Waals surface area contributed by atoms with E-state index in [1.165, 1.54) is 0 Å². The van der Waals surface area contributed by atoms with Gasteiger partial charge in [0, 0.05) is 13.1 Å². The molecule has 0 aromatic heterocycles. The largest absolute Gasteiger partial charge is 0.454 e. The number of morpholine rings is 1. The van der Waals surface area contributed by atoms with Crippen molar-refractivity contribution in [2.24, 2.45) is 0 Å². The van der Waals surface area contributed by atoms with Gasteiger partial charge in [-0.05, 0) is 5.56 Å². The van der Waals surface area contributed by atoms with E-state index in [2.05, 4.69) is 5.32 Å². The first kappa shape index (κ1) is 17.0. The fraction of sp³-hybridized carbons (Fsp3) is 0.438. The number of nitrogens with one attached hydrogen (secondary N) is 1. The Morgan fingerprint density at radius 2 is 1.83 bits per heavy atom. The van der Waals surface area contributed by atoms with Crippen LogP contribution in [0.3, 0.4) is 0 Å². The molecule has 1 fully saturated rings. The lowest BCUT2D eigenvalue weighted by Crippen LogP contribution is -2.43. The lowest BCUT2D eigenvalue weighted by molar-refractivity contribution is -0.153. The number of hydrogen-bond acceptors (Lipinski definition) is 5. The van der Waals surface area contributed by atoms with Gasteiger partial charge in [-0.2, -0.15) is 0 Å². The SMILES string of the molecule is O=C(Cc1ccccc1)NCC(=O)OCC(=O)N1CCOCC1. The molecule has 23 heavy (non-hydrogen) atoms. The fourth-order valence-corrected chi connectivity index (χ4v) is 2.11. The second kappa shape index (κ2) is 8.89. The highest BCUT2D eigenvalue weighted by Crippen LogP contribution is 1.99. The molecular weight excluding hydrogens is 300 g/mol. The first-order chi connectivity index (χ1) is 11.1. The molecule has 1 aliphatic rings. The van der Waals surface area contributed by atoms with E-state index in [1.807, 2.05) is 30.3 Å². The fourth-order valence-electron chi connectivity index (χ4n) is 2.11. The Hall–Kier alpha value is -2.41. The third-order valence-corrected chi connectivity index (χ3v) is 3.36. The Balaban J connectivity index is 1.62. The molecule has 0 saturated carbocycles. The predicted molar refractivity (Wildman–Crippen MR) is 81.5 cm³/mol. The Labute approximate surface area is 134 Å². The summed E-state index contributed by atoms with van der Waals surface area (Å²) >= 11 is 0. The third-order valence-electron chi connectivity index (χ3n) is 3.36. The number of rotatable bonds is 6. The Morgan fingerprint density at radius 3 is 2.52 bits per heavy atom. The summed E-state index contributed by atoms with van der Waals surface area (Å²) in [4.78, 5) is 36.6. The number of carbonyl (C=O) groups excluding carboxylic acids is 3. The number of benzene rings is 1. The number of nitrogens with zero attached hydrogens (tertiary/aromatic N) is 1. The van der Waals surface area contributed by atoms with E-state index >= 15 is 0 Å². The maximum Gasteiger partial charge on any atom is 0.325 e. The molecule has 0 radical (unpaired) electrons. The monoisotopic (exact) mass is 320 g/mol. The highest BCUT2D eigenvalue weighted by molar-refractivity contribution is 5.85. The van der Waals surface area contributed by atoms with E-state index in [4.69, 9.17) is 9.47 Å². The zero-order valence-corrected chi connectivity index (χ0v) is 12.8. The number of hydrogen-bond donors (Lipinski definition) is 1. The predicted octanol–water partition coefficient (Wildman–Crippen LogP) is -0.253. The summed E-state index contributed by atoms with van der Waals surface area (Å²) in [6.45, 7) is 1.44. The van der Waals surface area contributed by atoms with Crippen molar-refractivity contribution in [3.05, 3.63) is 35.9 Å². The smallest absolute Gasteiger partial charge is 0.325 e. The van der Waals surface area contributed by atoms with Crippen LogP contribution in [-0.4, -0.2) is 62.1 Å². The van der Waals surface area contributed by atoms with E-state index in [1.54, 1.807) is 4.90 Å². The van der Waals surface area contributed by atoms with Crippen molar-refractivity contribution >= 4 is 17.8 Å². The van der Waals surface area contributed by atoms with Crippen molar-refractivity contribution in [1.29, 1.82) is 0 Å². The molecule has 1 heterocycles. The van der Waals surface area contributed by atoms with Crippen LogP contribution in [0.15, 0.2) is 30.3 Å². The van der Waals surface area contributed by atoms with Crippen LogP contribution in [0.4, 0.5) is 0 Å². The molecule has 0 spiro atoms. The average molecular weight is 320 g/mol. The molecule has 124 valence electrons. The molecule has 1 aliphatic heterocycles. The van der Waals surface area contributed by atoms with Crippen LogP contribution in [0.5, 0.6) is 0 Å². The number of esters is 1. The summed E-state index contributed by atoms with van der Waals surface area (Å²) < 4.78 is 10.0. The topological polar surface area (TPSA) is 84.9 Å². The minimum Gasteiger partial charge on any atom is -0.454 e. The van der Waals surface area contributed by atoms with Gasteiger partial charge in [0.05, 0.1) is 19.6 Å². The molecule has 1 aromatic rings. The van der Waals surface area contributed by atoms with E-state index in [-0.39, 0.29) is 31.4 Å². The van der Waals surface area contributed by atoms with Crippen LogP contribution in [-0.2, 0) is 30.3 Å². The second-order valence-electron chi connectivity index (χ2n) is 5.09. The van der Waals surface area contributed by atoms with Crippen LogP contribution in [0.1, 0.15) is 5.56 Å². The normalized spacial score (nSPS) is 14.2. The second-order valence-corrected chi connectivity index (χ2v) is 5.09. The highest BCUT2D eigenvalue weighted by Gasteiger charge is 2.18. The van der Waals surface area contributed by atoms with Gasteiger partial charge in [-0.1, -0.05) is 30.3 Å². The molecule has 7 nitrogen and oxygen atoms in total. The lowest BCUT2D eigenvalue weighted by Gasteiger charge is -2.26. The molecule has 0 atom stereocenters. The molecule has 2 rings (SSSR count). The molecule has 0 unspecified atom stereocenters. The Bertz CT molecular complexity index is 541. The van der Waals surface area contributed by atoms with Gasteiger partial charge in [0.2, 0.25) is 5.91 Å². The molecule has 1 aromatic carbocycles. The van der Waals surface area contributed by atoms with Gasteiger partial charge in [0.1, 0.15) is 6.54 Å². The van der Waals surface area contributed by atoms with Crippen molar-refractivity contribution < 1.29 is 23.9 Å². The van der Waals surface area contributed by atoms with Gasteiger partial charge >= 0.3 is 5.97 Å². The molecule has 0 aliphatic carbocycles. The third kappa shape index (κ3) is 6.07. The van der Waals surface area contributed by atoms with Crippen LogP contribution in [0, 0.1) is 0 Å². The van der Waals surface area contributed by atoms with Crippen molar-refractivity contribution in [2.45, 2.75) is 6.42 Å². The minimum atomic E-state index is -0.631. The first-order valence-electron chi connectivity index (χ1n) is 7.47. The van der Waals surface area contributed by atoms with Crippen LogP contribution in [0.2, 0.25) is 0 Å². The van der Waals surface area contributed by atoms with Crippen LogP contribution >= 0.6 is 0 Å². The van der Waals surface area contributed by atoms with E-state index < -0.39 is 5.97 Å². The van der Waals surface area contributed by atoms with Crippen LogP contribution in [0.25, 0.3) is 0 Å². The number of ether oxygens (including phenoxy) is 2. The number of carbonyl (C=O) groups is 3. The summed E-state index contributed by atoms with van der Waals surface area (Å²) in [5, 5.41) is 2.48. The van der Waals surface area contributed by atoms with Gasteiger partial charge in [-0.25, -0.2) is 0 Å². The number of amides is 2. The highest BCUT2D eigenvalue weighted by atomic mass is 16.5. The molecule has 1 saturated heterocycles. The zero-order chi connectivity index (χ0) is 16.5. The van der Waals surface area contributed by atoms with Crippen molar-refractivity contribution in [3.8, 4) is 0 Å². The summed E-state index contributed by atoms with van der Waals surface area (Å²) in [5.74, 6) is -1.15. The van der Waals surface area contributed by atoms with E-state index in [0.29, 0.717) is 26.3 Å². The van der Waals surface area contributed by atoms with Crippen LogP contribution < -0.4 is 5.32 Å². The summed E-state index contributed by atoms with van der Waals surface area (Å²) in [7, 11) is 0. The van der Waals surface area contributed by atoms with E-state index in [9.17, 15) is 14.4 Å². The molecule has 7 heteroatoms. The lowest BCUT2D eigenvalue weighted by atomic mass is 10.1. The van der Waals surface area contributed by atoms with Crippen molar-refractivity contribution in [3.63, 3.8) is 0 Å². The minimum absolute atomic E-state index is 0.195. The standard InChI is InChI=1S/C16H20N2O5/c19-14(10-13-4-2-1-3-5-13)17-11-16(21)23-12-15(20)18-6-8-22-9-7-18/h1-5H,6-12H2,(H,17,19). The zero-order valence-electron chi connectivity index (χ0n) is 12.8. The van der Waals surface area contributed by atoms with Gasteiger partial charge in [-0.3, -0.25) is 14.4 Å². The van der Waals surface area contributed by atoms with Crippen molar-refractivity contribution in [1.82, 2.24) is 10.2 Å². The molecular formula is C16H20N2O5. The van der Waals surface area contributed by atoms with Gasteiger partial charge in [-0.15, -0.1) is 0 Å². The van der Waals surface area contributed by atoms with Crippen molar-refractivity contribution in [2.75, 3.05) is 39.5 Å². The average Bonchev–Trinajstić information content (AvgIpc) is 2.59. The quantitative estimate of drug-likeness (QED) is 0.731. The first-order valence-corrected chi connectivity index (χ1v) is 7.47. The maximum absolute atomic E-state index is 11.8.